The number of aromatic amines is 1. The van der Waals surface area contributed by atoms with Crippen molar-refractivity contribution in [3.63, 3.8) is 0 Å². The first kappa shape index (κ1) is 10.7. The van der Waals surface area contributed by atoms with Crippen LogP contribution in [0, 0.1) is 0 Å². The largest absolute Gasteiger partial charge is 0.469 e. The average Bonchev–Trinajstić information content (AvgIpc) is 3.13. The Hall–Kier alpha value is -2.23. The predicted molar refractivity (Wildman–Crippen MR) is 74.4 cm³/mol. The van der Waals surface area contributed by atoms with Crippen LogP contribution in [0.3, 0.4) is 0 Å². The van der Waals surface area contributed by atoms with Gasteiger partial charge in [0.25, 0.3) is 0 Å². The predicted octanol–water partition coefficient (Wildman–Crippen LogP) is 2.91. The number of imidazole rings is 1. The van der Waals surface area contributed by atoms with Gasteiger partial charge < -0.3 is 14.7 Å². The Bertz CT molecular complexity index is 671. The zero-order chi connectivity index (χ0) is 12.7. The molecule has 4 nitrogen and oxygen atoms in total. The molecule has 0 spiro atoms. The van der Waals surface area contributed by atoms with Gasteiger partial charge in [0, 0.05) is 25.1 Å². The number of nitrogens with zero attached hydrogens (tertiary/aromatic N) is 1. The Labute approximate surface area is 110 Å². The van der Waals surface area contributed by atoms with Gasteiger partial charge in [0.05, 0.1) is 17.3 Å². The van der Waals surface area contributed by atoms with Crippen LogP contribution < -0.4 is 5.32 Å². The van der Waals surface area contributed by atoms with Crippen molar-refractivity contribution in [3.05, 3.63) is 47.7 Å². The maximum absolute atomic E-state index is 5.34. The van der Waals surface area contributed by atoms with E-state index in [2.05, 4.69) is 27.4 Å². The van der Waals surface area contributed by atoms with E-state index in [9.17, 15) is 0 Å². The van der Waals surface area contributed by atoms with E-state index >= 15 is 0 Å². The van der Waals surface area contributed by atoms with Crippen molar-refractivity contribution in [1.29, 1.82) is 0 Å². The summed E-state index contributed by atoms with van der Waals surface area (Å²) < 4.78 is 5.34. The van der Waals surface area contributed by atoms with Crippen LogP contribution in [0.25, 0.3) is 11.0 Å². The number of aromatic nitrogens is 2. The Morgan fingerprint density at radius 1 is 1.26 bits per heavy atom. The molecule has 0 bridgehead atoms. The minimum atomic E-state index is 0.875. The molecule has 0 fully saturated rings. The first-order chi connectivity index (χ1) is 9.38. The number of furan rings is 1. The van der Waals surface area contributed by atoms with Crippen LogP contribution in [0.5, 0.6) is 0 Å². The van der Waals surface area contributed by atoms with Gasteiger partial charge >= 0.3 is 0 Å². The Kier molecular flexibility index (Phi) is 2.33. The van der Waals surface area contributed by atoms with Crippen LogP contribution in [-0.2, 0) is 19.3 Å². The minimum absolute atomic E-state index is 0.875. The first-order valence-corrected chi connectivity index (χ1v) is 6.66. The zero-order valence-corrected chi connectivity index (χ0v) is 10.6. The molecular weight excluding hydrogens is 238 g/mol. The lowest BCUT2D eigenvalue weighted by atomic mass is 10.1. The van der Waals surface area contributed by atoms with Crippen LogP contribution in [-0.4, -0.2) is 16.5 Å². The van der Waals surface area contributed by atoms with E-state index in [1.54, 1.807) is 6.26 Å². The van der Waals surface area contributed by atoms with Crippen molar-refractivity contribution in [2.45, 2.75) is 19.3 Å². The zero-order valence-electron chi connectivity index (χ0n) is 10.6. The summed E-state index contributed by atoms with van der Waals surface area (Å²) in [5, 5.41) is 3.39. The van der Waals surface area contributed by atoms with Crippen LogP contribution >= 0.6 is 0 Å². The average molecular weight is 253 g/mol. The SMILES string of the molecule is c1coc(CCc2nc3cc4c(cc3[nH]2)CCN4)c1. The third kappa shape index (κ3) is 1.89. The fraction of sp³-hybridized carbons (Fsp3) is 0.267. The molecule has 4 rings (SSSR count). The van der Waals surface area contributed by atoms with Gasteiger partial charge in [-0.05, 0) is 36.2 Å². The number of hydrogen-bond acceptors (Lipinski definition) is 3. The van der Waals surface area contributed by atoms with Crippen molar-refractivity contribution in [2.24, 2.45) is 0 Å². The number of hydrogen-bond donors (Lipinski definition) is 2. The molecule has 1 aliphatic heterocycles. The third-order valence-electron chi connectivity index (χ3n) is 3.65. The maximum Gasteiger partial charge on any atom is 0.107 e. The van der Waals surface area contributed by atoms with Gasteiger partial charge in [-0.2, -0.15) is 0 Å². The molecule has 0 atom stereocenters. The lowest BCUT2D eigenvalue weighted by Gasteiger charge is -1.97. The molecular formula is C15H15N3O. The fourth-order valence-corrected chi connectivity index (χ4v) is 2.67. The van der Waals surface area contributed by atoms with Gasteiger partial charge in [0.1, 0.15) is 11.6 Å². The number of anilines is 1. The fourth-order valence-electron chi connectivity index (χ4n) is 2.67. The number of aryl methyl sites for hydroxylation is 2. The lowest BCUT2D eigenvalue weighted by Crippen LogP contribution is -1.92. The minimum Gasteiger partial charge on any atom is -0.469 e. The Morgan fingerprint density at radius 3 is 3.16 bits per heavy atom. The molecule has 0 saturated carbocycles. The number of rotatable bonds is 3. The highest BCUT2D eigenvalue weighted by Gasteiger charge is 2.13. The number of fused-ring (bicyclic) bond motifs is 2. The van der Waals surface area contributed by atoms with Crippen LogP contribution in [0.2, 0.25) is 0 Å². The number of benzene rings is 1. The normalized spacial score (nSPS) is 13.7. The second kappa shape index (κ2) is 4.16. The summed E-state index contributed by atoms with van der Waals surface area (Å²) in [6.07, 6.45) is 4.57. The van der Waals surface area contributed by atoms with E-state index in [0.29, 0.717) is 0 Å². The molecule has 19 heavy (non-hydrogen) atoms. The highest BCUT2D eigenvalue weighted by atomic mass is 16.3. The van der Waals surface area contributed by atoms with Gasteiger partial charge in [-0.1, -0.05) is 0 Å². The summed E-state index contributed by atoms with van der Waals surface area (Å²) in [7, 11) is 0. The summed E-state index contributed by atoms with van der Waals surface area (Å²) in [4.78, 5) is 8.06. The second-order valence-corrected chi connectivity index (χ2v) is 4.97. The number of H-pyrrole nitrogens is 1. The van der Waals surface area contributed by atoms with Gasteiger partial charge in [0.2, 0.25) is 0 Å². The van der Waals surface area contributed by atoms with E-state index in [1.807, 2.05) is 12.1 Å². The molecule has 0 saturated heterocycles. The third-order valence-corrected chi connectivity index (χ3v) is 3.65. The van der Waals surface area contributed by atoms with Crippen LogP contribution in [0.4, 0.5) is 5.69 Å². The van der Waals surface area contributed by atoms with E-state index in [-0.39, 0.29) is 0 Å². The smallest absolute Gasteiger partial charge is 0.107 e. The summed E-state index contributed by atoms with van der Waals surface area (Å²) >= 11 is 0. The molecule has 1 aliphatic rings. The molecule has 3 heterocycles. The van der Waals surface area contributed by atoms with Crippen molar-refractivity contribution in [3.8, 4) is 0 Å². The molecule has 0 radical (unpaired) electrons. The van der Waals surface area contributed by atoms with E-state index in [0.717, 1.165) is 48.4 Å². The van der Waals surface area contributed by atoms with Crippen LogP contribution in [0.1, 0.15) is 17.1 Å². The molecule has 3 aromatic rings. The van der Waals surface area contributed by atoms with Crippen LogP contribution in [0.15, 0.2) is 34.9 Å². The second-order valence-electron chi connectivity index (χ2n) is 4.97. The maximum atomic E-state index is 5.34. The van der Waals surface area contributed by atoms with E-state index in [4.69, 9.17) is 4.42 Å². The van der Waals surface area contributed by atoms with E-state index < -0.39 is 0 Å². The van der Waals surface area contributed by atoms with Gasteiger partial charge in [-0.3, -0.25) is 0 Å². The van der Waals surface area contributed by atoms with Crippen molar-refractivity contribution in [2.75, 3.05) is 11.9 Å². The molecule has 2 aromatic heterocycles. The topological polar surface area (TPSA) is 53.9 Å². The van der Waals surface area contributed by atoms with Gasteiger partial charge in [0.15, 0.2) is 0 Å². The molecule has 96 valence electrons. The molecule has 4 heteroatoms. The molecule has 0 aliphatic carbocycles. The summed E-state index contributed by atoms with van der Waals surface area (Å²) in [5.41, 5.74) is 4.80. The van der Waals surface area contributed by atoms with Gasteiger partial charge in [-0.25, -0.2) is 4.98 Å². The first-order valence-electron chi connectivity index (χ1n) is 6.66. The number of nitrogens with one attached hydrogen (secondary N) is 2. The quantitative estimate of drug-likeness (QED) is 0.754. The highest BCUT2D eigenvalue weighted by Crippen LogP contribution is 2.27. The summed E-state index contributed by atoms with van der Waals surface area (Å²) in [6, 6.07) is 8.28. The highest BCUT2D eigenvalue weighted by molar-refractivity contribution is 5.82. The summed E-state index contributed by atoms with van der Waals surface area (Å²) in [5.74, 6) is 2.03. The van der Waals surface area contributed by atoms with Crippen molar-refractivity contribution >= 4 is 16.7 Å². The van der Waals surface area contributed by atoms with Gasteiger partial charge in [-0.15, -0.1) is 0 Å². The molecule has 0 amide bonds. The molecule has 1 aromatic carbocycles. The van der Waals surface area contributed by atoms with Crippen molar-refractivity contribution in [1.82, 2.24) is 9.97 Å². The molecule has 0 unspecified atom stereocenters. The Balaban J connectivity index is 1.61. The molecule has 2 N–H and O–H groups in total. The monoisotopic (exact) mass is 253 g/mol. The van der Waals surface area contributed by atoms with E-state index in [1.165, 1.54) is 11.3 Å². The standard InChI is InChI=1S/C15H15N3O/c1-2-11(19-7-1)3-4-15-17-13-8-10-5-6-16-12(10)9-14(13)18-15/h1-2,7-9,16H,3-6H2,(H,17,18). The Morgan fingerprint density at radius 2 is 2.26 bits per heavy atom. The lowest BCUT2D eigenvalue weighted by molar-refractivity contribution is 0.507. The van der Waals surface area contributed by atoms with Crippen molar-refractivity contribution < 1.29 is 4.42 Å². The summed E-state index contributed by atoms with van der Waals surface area (Å²) in [6.45, 7) is 1.04.